The van der Waals surface area contributed by atoms with Crippen molar-refractivity contribution < 1.29 is 18.3 Å². The van der Waals surface area contributed by atoms with Gasteiger partial charge in [-0.15, -0.1) is 11.3 Å². The summed E-state index contributed by atoms with van der Waals surface area (Å²) in [5, 5.41) is 9.77. The first-order valence-electron chi connectivity index (χ1n) is 9.65. The van der Waals surface area contributed by atoms with Crippen molar-refractivity contribution in [3.05, 3.63) is 79.7 Å². The molecular formula is C24H20F2N2O3S. The lowest BCUT2D eigenvalue weighted by Gasteiger charge is -2.15. The van der Waals surface area contributed by atoms with Crippen molar-refractivity contribution in [2.75, 3.05) is 0 Å². The monoisotopic (exact) mass is 454 g/mol. The van der Waals surface area contributed by atoms with Gasteiger partial charge in [-0.05, 0) is 35.9 Å². The first-order valence-corrected chi connectivity index (χ1v) is 10.5. The fraction of sp³-hybridized carbons (Fsp3) is 0.208. The number of rotatable bonds is 5. The maximum Gasteiger partial charge on any atom is 0.387 e. The molecule has 0 bridgehead atoms. The summed E-state index contributed by atoms with van der Waals surface area (Å²) in [7, 11) is 0. The number of aromatic nitrogens is 1. The van der Waals surface area contributed by atoms with Crippen molar-refractivity contribution >= 4 is 28.8 Å². The molecule has 8 heteroatoms. The third-order valence-electron chi connectivity index (χ3n) is 4.47. The van der Waals surface area contributed by atoms with E-state index in [9.17, 15) is 23.6 Å². The molecular weight excluding hydrogens is 434 g/mol. The van der Waals surface area contributed by atoms with E-state index in [1.807, 2.05) is 6.07 Å². The molecule has 2 aromatic carbocycles. The second-order valence-electron chi connectivity index (χ2n) is 7.91. The predicted octanol–water partition coefficient (Wildman–Crippen LogP) is 3.62. The van der Waals surface area contributed by atoms with Gasteiger partial charge in [-0.25, -0.2) is 0 Å². The van der Waals surface area contributed by atoms with Gasteiger partial charge in [0.2, 0.25) is 0 Å². The van der Waals surface area contributed by atoms with Crippen LogP contribution in [0.4, 0.5) is 8.78 Å². The molecule has 3 aromatic rings. The standard InChI is InChI=1S/C24H20F2N2O3S/c1-24(2,3)20(29)18(14-27)22-28(16-7-5-4-6-8-16)21(30)19(32-22)13-15-9-11-17(12-10-15)31-23(25)26/h4-13,23H,1-3H3. The number of hydrogen-bond acceptors (Lipinski definition) is 5. The summed E-state index contributed by atoms with van der Waals surface area (Å²) in [6.07, 6.45) is 1.58. The van der Waals surface area contributed by atoms with E-state index in [-0.39, 0.29) is 21.8 Å². The molecule has 164 valence electrons. The summed E-state index contributed by atoms with van der Waals surface area (Å²) in [5.74, 6) is -0.368. The Hall–Kier alpha value is -3.57. The van der Waals surface area contributed by atoms with E-state index in [1.54, 1.807) is 69.3 Å². The number of nitrogens with zero attached hydrogens (tertiary/aromatic N) is 2. The smallest absolute Gasteiger partial charge is 0.387 e. The van der Waals surface area contributed by atoms with Gasteiger partial charge in [-0.1, -0.05) is 51.1 Å². The summed E-state index contributed by atoms with van der Waals surface area (Å²) in [6.45, 7) is 2.20. The molecule has 0 unspecified atom stereocenters. The molecule has 1 heterocycles. The molecule has 0 atom stereocenters. The molecule has 32 heavy (non-hydrogen) atoms. The number of carbonyl (C=O) groups is 1. The van der Waals surface area contributed by atoms with E-state index in [0.29, 0.717) is 15.8 Å². The topological polar surface area (TPSA) is 72.1 Å². The van der Waals surface area contributed by atoms with Crippen molar-refractivity contribution in [1.82, 2.24) is 4.57 Å². The van der Waals surface area contributed by atoms with E-state index in [4.69, 9.17) is 0 Å². The molecule has 0 N–H and O–H groups in total. The van der Waals surface area contributed by atoms with Crippen molar-refractivity contribution in [3.8, 4) is 17.5 Å². The summed E-state index contributed by atoms with van der Waals surface area (Å²) < 4.78 is 30.9. The Morgan fingerprint density at radius 2 is 1.75 bits per heavy atom. The number of hydrogen-bond donors (Lipinski definition) is 0. The highest BCUT2D eigenvalue weighted by Gasteiger charge is 2.27. The van der Waals surface area contributed by atoms with Crippen LogP contribution in [0.3, 0.4) is 0 Å². The van der Waals surface area contributed by atoms with Gasteiger partial charge < -0.3 is 4.74 Å². The number of carbonyl (C=O) groups excluding carboxylic acids is 1. The quantitative estimate of drug-likeness (QED) is 0.590. The molecule has 0 aliphatic heterocycles. The number of ketones is 1. The molecule has 0 aliphatic carbocycles. The Bertz CT molecular complexity index is 1340. The minimum absolute atomic E-state index is 0.00147. The lowest BCUT2D eigenvalue weighted by atomic mass is 9.87. The maximum absolute atomic E-state index is 13.3. The maximum atomic E-state index is 13.3. The van der Waals surface area contributed by atoms with Gasteiger partial charge in [0, 0.05) is 5.41 Å². The summed E-state index contributed by atoms with van der Waals surface area (Å²) >= 11 is 1.03. The number of Topliss-reactive ketones (excluding diaryl/α,β-unsaturated/α-hetero) is 1. The number of para-hydroxylation sites is 1. The van der Waals surface area contributed by atoms with Gasteiger partial charge in [-0.2, -0.15) is 14.0 Å². The van der Waals surface area contributed by atoms with Gasteiger partial charge >= 0.3 is 6.61 Å². The summed E-state index contributed by atoms with van der Waals surface area (Å²) in [5.41, 5.74) is -0.185. The summed E-state index contributed by atoms with van der Waals surface area (Å²) in [4.78, 5) is 26.2. The Labute approximate surface area is 187 Å². The molecule has 5 nitrogen and oxygen atoms in total. The first-order chi connectivity index (χ1) is 15.1. The van der Waals surface area contributed by atoms with Crippen LogP contribution in [0.25, 0.3) is 17.3 Å². The fourth-order valence-corrected chi connectivity index (χ4v) is 4.03. The Balaban J connectivity index is 2.28. The molecule has 0 aliphatic rings. The number of benzene rings is 2. The zero-order valence-electron chi connectivity index (χ0n) is 17.6. The molecule has 0 saturated heterocycles. The highest BCUT2D eigenvalue weighted by molar-refractivity contribution is 7.07. The molecule has 3 rings (SSSR count). The van der Waals surface area contributed by atoms with Crippen LogP contribution in [0.15, 0.2) is 59.4 Å². The first kappa shape index (κ1) is 23.1. The number of alkyl halides is 2. The normalized spacial score (nSPS) is 13.1. The number of halogens is 2. The fourth-order valence-electron chi connectivity index (χ4n) is 2.93. The van der Waals surface area contributed by atoms with Gasteiger partial charge in [0.1, 0.15) is 22.1 Å². The van der Waals surface area contributed by atoms with Crippen LogP contribution in [-0.4, -0.2) is 17.0 Å². The third-order valence-corrected chi connectivity index (χ3v) is 5.57. The van der Waals surface area contributed by atoms with Gasteiger partial charge in [0.25, 0.3) is 5.56 Å². The van der Waals surface area contributed by atoms with Crippen LogP contribution in [0.2, 0.25) is 0 Å². The van der Waals surface area contributed by atoms with Crippen molar-refractivity contribution in [1.29, 1.82) is 5.26 Å². The Morgan fingerprint density at radius 1 is 1.12 bits per heavy atom. The molecule has 0 radical (unpaired) electrons. The lowest BCUT2D eigenvalue weighted by molar-refractivity contribution is -0.120. The zero-order chi connectivity index (χ0) is 23.5. The Kier molecular flexibility index (Phi) is 6.70. The minimum Gasteiger partial charge on any atom is -0.435 e. The van der Waals surface area contributed by atoms with E-state index in [2.05, 4.69) is 4.74 Å². The van der Waals surface area contributed by atoms with Crippen LogP contribution in [0, 0.1) is 16.7 Å². The second-order valence-corrected chi connectivity index (χ2v) is 8.94. The largest absolute Gasteiger partial charge is 0.435 e. The van der Waals surface area contributed by atoms with Gasteiger partial charge in [-0.3, -0.25) is 14.2 Å². The SMILES string of the molecule is CC(C)(C)C(=O)C(C#N)=c1sc(=Cc2ccc(OC(F)F)cc2)c(=O)n1-c1ccccc1. The number of thiazole rings is 1. The van der Waals surface area contributed by atoms with Crippen LogP contribution in [0.5, 0.6) is 5.75 Å². The van der Waals surface area contributed by atoms with E-state index >= 15 is 0 Å². The third kappa shape index (κ3) is 5.01. The van der Waals surface area contributed by atoms with E-state index in [0.717, 1.165) is 11.3 Å². The molecule has 1 aromatic heterocycles. The predicted molar refractivity (Wildman–Crippen MR) is 119 cm³/mol. The van der Waals surface area contributed by atoms with Crippen molar-refractivity contribution in [3.63, 3.8) is 0 Å². The van der Waals surface area contributed by atoms with Gasteiger partial charge in [0.15, 0.2) is 5.78 Å². The van der Waals surface area contributed by atoms with Crippen LogP contribution < -0.4 is 19.5 Å². The van der Waals surface area contributed by atoms with Crippen molar-refractivity contribution in [2.45, 2.75) is 27.4 Å². The molecule has 0 saturated carbocycles. The van der Waals surface area contributed by atoms with E-state index < -0.39 is 17.6 Å². The average molecular weight is 454 g/mol. The average Bonchev–Trinajstić information content (AvgIpc) is 3.05. The zero-order valence-corrected chi connectivity index (χ0v) is 18.5. The highest BCUT2D eigenvalue weighted by Crippen LogP contribution is 2.20. The summed E-state index contributed by atoms with van der Waals surface area (Å²) in [6, 6.07) is 16.6. The number of ether oxygens (including phenoxy) is 1. The lowest BCUT2D eigenvalue weighted by Crippen LogP contribution is -2.33. The van der Waals surface area contributed by atoms with E-state index in [1.165, 1.54) is 16.7 Å². The highest BCUT2D eigenvalue weighted by atomic mass is 32.1. The van der Waals surface area contributed by atoms with Crippen LogP contribution in [0.1, 0.15) is 26.3 Å². The number of nitriles is 1. The molecule has 0 fully saturated rings. The van der Waals surface area contributed by atoms with Crippen molar-refractivity contribution in [2.24, 2.45) is 5.41 Å². The van der Waals surface area contributed by atoms with Gasteiger partial charge in [0.05, 0.1) is 10.2 Å². The molecule has 0 amide bonds. The minimum atomic E-state index is -2.93. The van der Waals surface area contributed by atoms with Crippen LogP contribution in [-0.2, 0) is 4.79 Å². The Morgan fingerprint density at radius 3 is 2.28 bits per heavy atom. The second kappa shape index (κ2) is 9.28. The molecule has 0 spiro atoms. The van der Waals surface area contributed by atoms with Crippen LogP contribution >= 0.6 is 11.3 Å².